The van der Waals surface area contributed by atoms with Gasteiger partial charge in [-0.05, 0) is 44.7 Å². The Labute approximate surface area is 148 Å². The minimum atomic E-state index is -0.576. The van der Waals surface area contributed by atoms with Gasteiger partial charge < -0.3 is 20.9 Å². The lowest BCUT2D eigenvalue weighted by atomic mass is 10.2. The van der Waals surface area contributed by atoms with Gasteiger partial charge in [-0.25, -0.2) is 9.78 Å². The van der Waals surface area contributed by atoms with Gasteiger partial charge in [0.2, 0.25) is 5.91 Å². The normalized spacial score (nSPS) is 18.8. The summed E-state index contributed by atoms with van der Waals surface area (Å²) in [5, 5.41) is 8.55. The van der Waals surface area contributed by atoms with Crippen LogP contribution in [0.15, 0.2) is 18.3 Å². The number of carbonyl (C=O) groups is 2. The average molecular weight is 345 g/mol. The summed E-state index contributed by atoms with van der Waals surface area (Å²) in [6.45, 7) is 3.61. The summed E-state index contributed by atoms with van der Waals surface area (Å²) in [4.78, 5) is 31.0. The van der Waals surface area contributed by atoms with Crippen LogP contribution in [0.2, 0.25) is 0 Å². The number of hydrogen-bond acceptors (Lipinski definition) is 4. The van der Waals surface area contributed by atoms with Crippen molar-refractivity contribution in [3.05, 3.63) is 18.3 Å². The highest BCUT2D eigenvalue weighted by atomic mass is 16.2. The van der Waals surface area contributed by atoms with E-state index < -0.39 is 6.04 Å². The third-order valence-corrected chi connectivity index (χ3v) is 4.88. The highest BCUT2D eigenvalue weighted by Crippen LogP contribution is 2.25. The quantitative estimate of drug-likeness (QED) is 0.764. The molecule has 3 N–H and O–H groups in total. The molecule has 0 bridgehead atoms. The van der Waals surface area contributed by atoms with E-state index in [1.165, 1.54) is 0 Å². The largest absolute Gasteiger partial charge is 0.355 e. The molecule has 2 aliphatic rings. The van der Waals surface area contributed by atoms with Gasteiger partial charge in [-0.3, -0.25) is 4.79 Å². The van der Waals surface area contributed by atoms with Gasteiger partial charge in [0.15, 0.2) is 5.82 Å². The van der Waals surface area contributed by atoms with Gasteiger partial charge in [0.25, 0.3) is 0 Å². The van der Waals surface area contributed by atoms with Crippen LogP contribution >= 0.6 is 0 Å². The Bertz CT molecular complexity index is 609. The summed E-state index contributed by atoms with van der Waals surface area (Å²) in [5.74, 6) is 0.659. The number of carbonyl (C=O) groups excluding carboxylic acids is 2. The molecule has 1 atom stereocenters. The topological polar surface area (TPSA) is 86.4 Å². The molecule has 1 aromatic rings. The van der Waals surface area contributed by atoms with E-state index in [1.807, 2.05) is 6.07 Å². The fourth-order valence-electron chi connectivity index (χ4n) is 3.49. The van der Waals surface area contributed by atoms with Crippen LogP contribution in [0.3, 0.4) is 0 Å². The second-order valence-electron chi connectivity index (χ2n) is 6.88. The number of pyridine rings is 1. The maximum atomic E-state index is 12.3. The SMILES string of the molecule is CC(NC(=O)Nc1cccnc1N1CCCC1)C(=O)NC1CCCC1. The first-order valence-corrected chi connectivity index (χ1v) is 9.21. The van der Waals surface area contributed by atoms with Crippen molar-refractivity contribution in [2.45, 2.75) is 57.5 Å². The first-order valence-electron chi connectivity index (χ1n) is 9.21. The van der Waals surface area contributed by atoms with Crippen molar-refractivity contribution in [2.75, 3.05) is 23.3 Å². The van der Waals surface area contributed by atoms with Gasteiger partial charge in [0, 0.05) is 25.3 Å². The fraction of sp³-hybridized carbons (Fsp3) is 0.611. The molecule has 0 spiro atoms. The Hall–Kier alpha value is -2.31. The number of rotatable bonds is 5. The number of hydrogen-bond donors (Lipinski definition) is 3. The Morgan fingerprint density at radius 2 is 1.92 bits per heavy atom. The number of amides is 3. The van der Waals surface area contributed by atoms with Crippen molar-refractivity contribution in [3.63, 3.8) is 0 Å². The summed E-state index contributed by atoms with van der Waals surface area (Å²) in [6, 6.07) is 2.92. The maximum Gasteiger partial charge on any atom is 0.319 e. The Kier molecular flexibility index (Phi) is 5.73. The lowest BCUT2D eigenvalue weighted by molar-refractivity contribution is -0.123. The van der Waals surface area contributed by atoms with Crippen molar-refractivity contribution in [2.24, 2.45) is 0 Å². The van der Waals surface area contributed by atoms with Gasteiger partial charge in [0.1, 0.15) is 6.04 Å². The van der Waals surface area contributed by atoms with Crippen LogP contribution < -0.4 is 20.9 Å². The molecule has 0 aromatic carbocycles. The molecule has 25 heavy (non-hydrogen) atoms. The van der Waals surface area contributed by atoms with Crippen LogP contribution in [-0.4, -0.2) is 42.1 Å². The van der Waals surface area contributed by atoms with Gasteiger partial charge in [0.05, 0.1) is 5.69 Å². The lowest BCUT2D eigenvalue weighted by Crippen LogP contribution is -2.48. The molecule has 1 saturated heterocycles. The van der Waals surface area contributed by atoms with Gasteiger partial charge >= 0.3 is 6.03 Å². The molecule has 136 valence electrons. The van der Waals surface area contributed by atoms with Crippen LogP contribution in [-0.2, 0) is 4.79 Å². The minimum Gasteiger partial charge on any atom is -0.355 e. The molecule has 3 amide bonds. The van der Waals surface area contributed by atoms with Crippen molar-refractivity contribution < 1.29 is 9.59 Å². The number of urea groups is 1. The van der Waals surface area contributed by atoms with Crippen molar-refractivity contribution >= 4 is 23.4 Å². The first-order chi connectivity index (χ1) is 12.1. The third-order valence-electron chi connectivity index (χ3n) is 4.88. The molecule has 2 fully saturated rings. The highest BCUT2D eigenvalue weighted by molar-refractivity contribution is 5.95. The number of aromatic nitrogens is 1. The lowest BCUT2D eigenvalue weighted by Gasteiger charge is -2.21. The Balaban J connectivity index is 1.54. The summed E-state index contributed by atoms with van der Waals surface area (Å²) in [6.07, 6.45) is 8.38. The molecule has 7 nitrogen and oxygen atoms in total. The molecule has 1 aliphatic carbocycles. The molecule has 1 saturated carbocycles. The molecule has 1 unspecified atom stereocenters. The Morgan fingerprint density at radius 3 is 2.64 bits per heavy atom. The summed E-state index contributed by atoms with van der Waals surface area (Å²) >= 11 is 0. The predicted octanol–water partition coefficient (Wildman–Crippen LogP) is 2.25. The highest BCUT2D eigenvalue weighted by Gasteiger charge is 2.23. The van der Waals surface area contributed by atoms with Crippen molar-refractivity contribution in [1.29, 1.82) is 0 Å². The molecule has 1 aliphatic heterocycles. The number of nitrogens with one attached hydrogen (secondary N) is 3. The van der Waals surface area contributed by atoms with Crippen molar-refractivity contribution in [1.82, 2.24) is 15.6 Å². The zero-order valence-electron chi connectivity index (χ0n) is 14.8. The van der Waals surface area contributed by atoms with E-state index in [1.54, 1.807) is 19.2 Å². The molecule has 2 heterocycles. The minimum absolute atomic E-state index is 0.131. The third kappa shape index (κ3) is 4.61. The van der Waals surface area contributed by atoms with E-state index >= 15 is 0 Å². The van der Waals surface area contributed by atoms with Crippen LogP contribution in [0.5, 0.6) is 0 Å². The molecular weight excluding hydrogens is 318 g/mol. The van der Waals surface area contributed by atoms with Gasteiger partial charge in [-0.1, -0.05) is 12.8 Å². The summed E-state index contributed by atoms with van der Waals surface area (Å²) < 4.78 is 0. The monoisotopic (exact) mass is 345 g/mol. The van der Waals surface area contributed by atoms with E-state index in [2.05, 4.69) is 25.8 Å². The van der Waals surface area contributed by atoms with Gasteiger partial charge in [-0.15, -0.1) is 0 Å². The van der Waals surface area contributed by atoms with Crippen LogP contribution in [0.1, 0.15) is 45.4 Å². The van der Waals surface area contributed by atoms with Crippen LogP contribution in [0.4, 0.5) is 16.3 Å². The van der Waals surface area contributed by atoms with E-state index in [9.17, 15) is 9.59 Å². The second kappa shape index (κ2) is 8.18. The van der Waals surface area contributed by atoms with Crippen LogP contribution in [0, 0.1) is 0 Å². The average Bonchev–Trinajstić information content (AvgIpc) is 3.28. The number of anilines is 2. The van der Waals surface area contributed by atoms with Crippen LogP contribution in [0.25, 0.3) is 0 Å². The molecular formula is C18H27N5O2. The van der Waals surface area contributed by atoms with E-state index in [-0.39, 0.29) is 18.0 Å². The molecule has 3 rings (SSSR count). The fourth-order valence-corrected chi connectivity index (χ4v) is 3.49. The second-order valence-corrected chi connectivity index (χ2v) is 6.88. The van der Waals surface area contributed by atoms with E-state index in [0.29, 0.717) is 5.69 Å². The summed E-state index contributed by atoms with van der Waals surface area (Å²) in [7, 11) is 0. The van der Waals surface area contributed by atoms with Gasteiger partial charge in [-0.2, -0.15) is 0 Å². The predicted molar refractivity (Wildman–Crippen MR) is 97.7 cm³/mol. The molecule has 0 radical (unpaired) electrons. The summed E-state index contributed by atoms with van der Waals surface area (Å²) in [5.41, 5.74) is 0.672. The molecule has 7 heteroatoms. The maximum absolute atomic E-state index is 12.3. The smallest absolute Gasteiger partial charge is 0.319 e. The Morgan fingerprint density at radius 1 is 1.20 bits per heavy atom. The zero-order valence-corrected chi connectivity index (χ0v) is 14.8. The molecule has 1 aromatic heterocycles. The zero-order chi connectivity index (χ0) is 17.6. The number of nitrogens with zero attached hydrogens (tertiary/aromatic N) is 2. The standard InChI is InChI=1S/C18H27N5O2/c1-13(17(24)21-14-7-2-3-8-14)20-18(25)22-15-9-6-10-19-16(15)23-11-4-5-12-23/h6,9-10,13-14H,2-5,7-8,11-12H2,1H3,(H,21,24)(H2,20,22,25). The van der Waals surface area contributed by atoms with E-state index in [4.69, 9.17) is 0 Å². The first kappa shape index (κ1) is 17.5. The van der Waals surface area contributed by atoms with Crippen molar-refractivity contribution in [3.8, 4) is 0 Å². The van der Waals surface area contributed by atoms with E-state index in [0.717, 1.165) is 57.4 Å².